The number of benzene rings is 3. The van der Waals surface area contributed by atoms with E-state index in [0.29, 0.717) is 43.1 Å². The minimum absolute atomic E-state index is 0.0353. The average molecular weight is 840 g/mol. The second-order valence-corrected chi connectivity index (χ2v) is 16.5. The van der Waals surface area contributed by atoms with Crippen molar-refractivity contribution in [2.45, 2.75) is 74.5 Å². The fourth-order valence-electron chi connectivity index (χ4n) is 8.94. The lowest BCUT2D eigenvalue weighted by atomic mass is 9.55. The molecule has 3 aliphatic rings. The number of allylic oxidation sites excluding steroid dienone is 1. The van der Waals surface area contributed by atoms with Crippen LogP contribution >= 0.6 is 11.8 Å². The summed E-state index contributed by atoms with van der Waals surface area (Å²) in [6.07, 6.45) is 12.0. The van der Waals surface area contributed by atoms with Crippen LogP contribution in [0.2, 0.25) is 0 Å². The minimum atomic E-state index is -1.38. The zero-order valence-electron chi connectivity index (χ0n) is 34.5. The predicted octanol–water partition coefficient (Wildman–Crippen LogP) is 8.59. The average Bonchev–Trinajstić information content (AvgIpc) is 3.27. The van der Waals surface area contributed by atoms with Gasteiger partial charge in [0.05, 0.1) is 29.8 Å². The molecule has 320 valence electrons. The first-order chi connectivity index (χ1) is 29.2. The lowest BCUT2D eigenvalue weighted by molar-refractivity contribution is -0.384. The highest BCUT2D eigenvalue weighted by Crippen LogP contribution is 2.61. The Kier molecular flexibility index (Phi) is 16.0. The monoisotopic (exact) mass is 839 g/mol. The summed E-state index contributed by atoms with van der Waals surface area (Å²) < 4.78 is 20.6. The first kappa shape index (κ1) is 44.6. The van der Waals surface area contributed by atoms with Gasteiger partial charge in [0.25, 0.3) is 5.69 Å². The number of likely N-dealkylation sites (N-methyl/N-ethyl adjacent to an activating group) is 1. The highest BCUT2D eigenvalue weighted by molar-refractivity contribution is 7.99. The molecule has 12 nitrogen and oxygen atoms in total. The molecule has 6 atom stereocenters. The molecule has 2 aliphatic carbocycles. The van der Waals surface area contributed by atoms with Gasteiger partial charge < -0.3 is 34.2 Å². The highest BCUT2D eigenvalue weighted by atomic mass is 32.2. The number of rotatable bonds is 22. The van der Waals surface area contributed by atoms with E-state index in [4.69, 9.17) is 24.2 Å². The Morgan fingerprint density at radius 1 is 1.07 bits per heavy atom. The third-order valence-corrected chi connectivity index (χ3v) is 12.6. The van der Waals surface area contributed by atoms with Gasteiger partial charge in [-0.05, 0) is 104 Å². The largest absolute Gasteiger partial charge is 0.493 e. The molecule has 1 saturated carbocycles. The number of nitrogens with zero attached hydrogens (tertiary/aromatic N) is 3. The number of aliphatic hydroxyl groups excluding tert-OH is 2. The number of oxime groups is 1. The predicted molar refractivity (Wildman–Crippen MR) is 234 cm³/mol. The first-order valence-corrected chi connectivity index (χ1v) is 21.9. The van der Waals surface area contributed by atoms with Crippen molar-refractivity contribution < 1.29 is 39.0 Å². The molecule has 0 unspecified atom stereocenters. The van der Waals surface area contributed by atoms with Crippen molar-refractivity contribution >= 4 is 35.1 Å². The Morgan fingerprint density at radius 2 is 1.82 bits per heavy atom. The molecule has 1 aliphatic heterocycles. The molecule has 3 aromatic carbocycles. The zero-order valence-corrected chi connectivity index (χ0v) is 35.3. The van der Waals surface area contributed by atoms with Gasteiger partial charge >= 0.3 is 0 Å². The Morgan fingerprint density at radius 3 is 2.52 bits per heavy atom. The second kappa shape index (κ2) is 21.5. The Bertz CT molecular complexity index is 2010. The number of fused-ring (bicyclic) bond motifs is 2. The van der Waals surface area contributed by atoms with Crippen LogP contribution in [0, 0.1) is 27.9 Å². The van der Waals surface area contributed by atoms with Crippen LogP contribution in [0.4, 0.5) is 5.69 Å². The molecule has 0 bridgehead atoms. The number of thioether (sulfide) groups is 1. The topological polar surface area (TPSA) is 153 Å². The van der Waals surface area contributed by atoms with E-state index in [9.17, 15) is 25.1 Å². The van der Waals surface area contributed by atoms with Crippen molar-refractivity contribution in [3.05, 3.63) is 124 Å². The maximum Gasteiger partial charge on any atom is 0.269 e. The van der Waals surface area contributed by atoms with Gasteiger partial charge in [-0.2, -0.15) is 0 Å². The van der Waals surface area contributed by atoms with Crippen LogP contribution < -0.4 is 9.47 Å². The van der Waals surface area contributed by atoms with Gasteiger partial charge in [-0.25, -0.2) is 0 Å². The van der Waals surface area contributed by atoms with Gasteiger partial charge in [0, 0.05) is 67.0 Å². The molecule has 3 aromatic rings. The molecule has 0 spiro atoms. The molecule has 1 fully saturated rings. The Labute approximate surface area is 357 Å². The summed E-state index contributed by atoms with van der Waals surface area (Å²) in [6.45, 7) is 7.08. The summed E-state index contributed by atoms with van der Waals surface area (Å²) >= 11 is 1.74. The molecule has 13 heteroatoms. The summed E-state index contributed by atoms with van der Waals surface area (Å²) in [6, 6.07) is 21.5. The van der Waals surface area contributed by atoms with Crippen LogP contribution in [0.25, 0.3) is 6.08 Å². The van der Waals surface area contributed by atoms with Gasteiger partial charge in [0.15, 0.2) is 0 Å². The van der Waals surface area contributed by atoms with E-state index < -0.39 is 22.7 Å². The Balaban J connectivity index is 1.45. The molecule has 2 N–H and O–H groups in total. The maximum absolute atomic E-state index is 14.2. The van der Waals surface area contributed by atoms with E-state index >= 15 is 0 Å². The molecular weight excluding hydrogens is 783 g/mol. The van der Waals surface area contributed by atoms with E-state index in [1.807, 2.05) is 37.3 Å². The standard InChI is InChI=1S/C47H57N3O9S/c1-4-27-57-47-43(49(3)44(53)24-19-33-17-20-35(21-18-33)50(54)55)32-41(48-58-5-2)39-30-34(13-9-11-25-51)38(16-10-12-26-52)45(46(39)47)40-31-36(22-23-42(40)59-47)56-28-29-60-37-14-7-6-8-15-37/h4,6-8,14-15,17-24,30-31,34,38,43,45-46,51-52H,1,5,9-13,16,25-29,32H2,2-3H3/t34-,38+,43-,45+,46+,47+/m0/s1. The molecule has 1 amide bonds. The number of carbonyl (C=O) groups excluding carboxylic acids is 1. The molecule has 0 saturated heterocycles. The maximum atomic E-state index is 14.2. The van der Waals surface area contributed by atoms with E-state index in [1.54, 1.807) is 48.0 Å². The van der Waals surface area contributed by atoms with Crippen LogP contribution in [0.15, 0.2) is 113 Å². The Hall–Kier alpha value is -4.95. The normalized spacial score (nSPS) is 23.6. The summed E-state index contributed by atoms with van der Waals surface area (Å²) in [5.41, 5.74) is 3.26. The molecule has 0 aromatic heterocycles. The fraction of sp³-hybridized carbons (Fsp3) is 0.447. The highest BCUT2D eigenvalue weighted by Gasteiger charge is 2.65. The minimum Gasteiger partial charge on any atom is -0.493 e. The molecular formula is C47H57N3O9S. The summed E-state index contributed by atoms with van der Waals surface area (Å²) in [5, 5.41) is 35.7. The number of amides is 1. The van der Waals surface area contributed by atoms with Gasteiger partial charge in [-0.1, -0.05) is 48.3 Å². The number of nitro benzene ring substituents is 1. The van der Waals surface area contributed by atoms with Gasteiger partial charge in [0.1, 0.15) is 24.1 Å². The number of non-ortho nitro benzene ring substituents is 1. The number of unbranched alkanes of at least 4 members (excludes halogenated alkanes) is 2. The molecule has 6 rings (SSSR count). The third-order valence-electron chi connectivity index (χ3n) is 11.6. The van der Waals surface area contributed by atoms with Crippen LogP contribution in [0.5, 0.6) is 11.5 Å². The fourth-order valence-corrected chi connectivity index (χ4v) is 9.69. The second-order valence-electron chi connectivity index (χ2n) is 15.3. The molecule has 1 heterocycles. The first-order valence-electron chi connectivity index (χ1n) is 20.9. The summed E-state index contributed by atoms with van der Waals surface area (Å²) in [5.74, 6) is 0.0204. The van der Waals surface area contributed by atoms with E-state index in [0.717, 1.165) is 48.3 Å². The summed E-state index contributed by atoms with van der Waals surface area (Å²) in [7, 11) is 1.73. The van der Waals surface area contributed by atoms with E-state index in [-0.39, 0.29) is 55.6 Å². The smallest absolute Gasteiger partial charge is 0.269 e. The van der Waals surface area contributed by atoms with Crippen molar-refractivity contribution in [3.63, 3.8) is 0 Å². The van der Waals surface area contributed by atoms with Crippen LogP contribution in [0.1, 0.15) is 68.9 Å². The van der Waals surface area contributed by atoms with Crippen LogP contribution in [-0.2, 0) is 14.4 Å². The van der Waals surface area contributed by atoms with Crippen molar-refractivity contribution in [1.82, 2.24) is 4.90 Å². The number of hydrogen-bond donors (Lipinski definition) is 2. The number of ether oxygens (including phenoxy) is 3. The third kappa shape index (κ3) is 10.3. The number of nitro groups is 1. The number of carbonyl (C=O) groups is 1. The van der Waals surface area contributed by atoms with Gasteiger partial charge in [0.2, 0.25) is 11.7 Å². The zero-order chi connectivity index (χ0) is 42.5. The van der Waals surface area contributed by atoms with Crippen LogP contribution in [-0.4, -0.2) is 89.3 Å². The van der Waals surface area contributed by atoms with Gasteiger partial charge in [-0.3, -0.25) is 14.9 Å². The number of aliphatic hydroxyl groups is 2. The van der Waals surface area contributed by atoms with E-state index in [1.165, 1.54) is 23.1 Å². The molecule has 60 heavy (non-hydrogen) atoms. The van der Waals surface area contributed by atoms with Gasteiger partial charge in [-0.15, -0.1) is 18.3 Å². The molecule has 0 radical (unpaired) electrons. The lowest BCUT2D eigenvalue weighted by Crippen LogP contribution is -2.69. The van der Waals surface area contributed by atoms with E-state index in [2.05, 4.69) is 30.9 Å². The van der Waals surface area contributed by atoms with Crippen molar-refractivity contribution in [2.24, 2.45) is 22.9 Å². The lowest BCUT2D eigenvalue weighted by Gasteiger charge is -2.59. The van der Waals surface area contributed by atoms with Crippen molar-refractivity contribution in [1.29, 1.82) is 0 Å². The number of hydrogen-bond acceptors (Lipinski definition) is 11. The SMILES string of the molecule is C=CCO[C@@]12Oc3ccc(OCCSc4ccccc4)cc3[C@H]3[C@H](CCCCO)[C@@H](CCCCO)C=C(C(=NOCC)C[C@@H]1N(C)C(=O)C=Cc1ccc([N+](=O)[O-])cc1)[C@H]32. The van der Waals surface area contributed by atoms with Crippen LogP contribution in [0.3, 0.4) is 0 Å². The summed E-state index contributed by atoms with van der Waals surface area (Å²) in [4.78, 5) is 33.6. The van der Waals surface area contributed by atoms with Crippen molar-refractivity contribution in [2.75, 3.05) is 45.8 Å². The quantitative estimate of drug-likeness (QED) is 0.0251. The van der Waals surface area contributed by atoms with Crippen molar-refractivity contribution in [3.8, 4) is 11.5 Å².